The zero-order chi connectivity index (χ0) is 18.5. The number of ether oxygens (including phenoxy) is 1. The van der Waals surface area contributed by atoms with Gasteiger partial charge in [-0.3, -0.25) is 0 Å². The fraction of sp³-hybridized carbons (Fsp3) is 0.167. The number of hydrogen-bond donors (Lipinski definition) is 0. The summed E-state index contributed by atoms with van der Waals surface area (Å²) in [7, 11) is 0. The normalized spacial score (nSPS) is 15.0. The van der Waals surface area contributed by atoms with Gasteiger partial charge in [-0.2, -0.15) is 0 Å². The standard InChI is InChI=1S/C24H22O/c1-7-23(19(3)4,21-15-11-9-12-16-21)25-24(8-2,20(5)6)22-17-13-10-14-18-22/h1-2,9-18H,3,5H2,4,6H3. The van der Waals surface area contributed by atoms with Gasteiger partial charge in [0, 0.05) is 11.1 Å². The SMILES string of the molecule is C#CC(OC(C#C)(C(=C)C)c1ccccc1)(C(=C)C)c1ccccc1. The summed E-state index contributed by atoms with van der Waals surface area (Å²) < 4.78 is 6.55. The lowest BCUT2D eigenvalue weighted by molar-refractivity contribution is -0.0644. The van der Waals surface area contributed by atoms with E-state index in [9.17, 15) is 0 Å². The van der Waals surface area contributed by atoms with Crippen LogP contribution in [0.2, 0.25) is 0 Å². The van der Waals surface area contributed by atoms with Crippen LogP contribution in [-0.4, -0.2) is 0 Å². The Hall–Kier alpha value is -3.00. The molecule has 124 valence electrons. The molecule has 0 aliphatic rings. The van der Waals surface area contributed by atoms with E-state index in [-0.39, 0.29) is 0 Å². The Balaban J connectivity index is 2.71. The van der Waals surface area contributed by atoms with Crippen LogP contribution in [0.15, 0.2) is 85.0 Å². The van der Waals surface area contributed by atoms with E-state index >= 15 is 0 Å². The van der Waals surface area contributed by atoms with Crippen molar-refractivity contribution in [3.05, 3.63) is 96.1 Å². The van der Waals surface area contributed by atoms with Gasteiger partial charge >= 0.3 is 0 Å². The van der Waals surface area contributed by atoms with Crippen molar-refractivity contribution < 1.29 is 4.74 Å². The average Bonchev–Trinajstić information content (AvgIpc) is 2.64. The summed E-state index contributed by atoms with van der Waals surface area (Å²) in [6.07, 6.45) is 11.9. The zero-order valence-electron chi connectivity index (χ0n) is 14.8. The summed E-state index contributed by atoms with van der Waals surface area (Å²) in [5.41, 5.74) is 0.643. The van der Waals surface area contributed by atoms with Gasteiger partial charge in [-0.15, -0.1) is 12.8 Å². The van der Waals surface area contributed by atoms with Gasteiger partial charge in [0.05, 0.1) is 0 Å². The topological polar surface area (TPSA) is 9.23 Å². The summed E-state index contributed by atoms with van der Waals surface area (Å²) in [5.74, 6) is 5.57. The van der Waals surface area contributed by atoms with E-state index in [0.29, 0.717) is 11.1 Å². The third kappa shape index (κ3) is 3.16. The fourth-order valence-electron chi connectivity index (χ4n) is 2.83. The highest BCUT2D eigenvalue weighted by Gasteiger charge is 2.44. The highest BCUT2D eigenvalue weighted by molar-refractivity contribution is 5.45. The van der Waals surface area contributed by atoms with Gasteiger partial charge in [0.2, 0.25) is 0 Å². The van der Waals surface area contributed by atoms with Crippen molar-refractivity contribution in [3.8, 4) is 24.7 Å². The molecule has 25 heavy (non-hydrogen) atoms. The first-order chi connectivity index (χ1) is 11.9. The molecular formula is C24H22O. The lowest BCUT2D eigenvalue weighted by Gasteiger charge is -2.40. The molecule has 0 aliphatic heterocycles. The summed E-state index contributed by atoms with van der Waals surface area (Å²) in [6.45, 7) is 11.9. The summed E-state index contributed by atoms with van der Waals surface area (Å²) in [6, 6.07) is 19.2. The van der Waals surface area contributed by atoms with Crippen LogP contribution >= 0.6 is 0 Å². The van der Waals surface area contributed by atoms with Gasteiger partial charge < -0.3 is 4.74 Å². The van der Waals surface area contributed by atoms with Crippen LogP contribution in [0.5, 0.6) is 0 Å². The maximum atomic E-state index is 6.55. The highest BCUT2D eigenvalue weighted by atomic mass is 16.5. The molecule has 0 N–H and O–H groups in total. The highest BCUT2D eigenvalue weighted by Crippen LogP contribution is 2.43. The smallest absolute Gasteiger partial charge is 0.177 e. The summed E-state index contributed by atoms with van der Waals surface area (Å²) in [5, 5.41) is 0. The van der Waals surface area contributed by atoms with Gasteiger partial charge in [-0.1, -0.05) is 85.7 Å². The number of terminal acetylenes is 2. The van der Waals surface area contributed by atoms with E-state index in [0.717, 1.165) is 11.1 Å². The van der Waals surface area contributed by atoms with Crippen molar-refractivity contribution in [2.24, 2.45) is 0 Å². The predicted molar refractivity (Wildman–Crippen MR) is 105 cm³/mol. The van der Waals surface area contributed by atoms with E-state index in [4.69, 9.17) is 17.6 Å². The molecule has 0 spiro atoms. The second-order valence-corrected chi connectivity index (χ2v) is 6.05. The molecule has 0 radical (unpaired) electrons. The molecule has 0 aromatic heterocycles. The number of benzene rings is 2. The first-order valence-corrected chi connectivity index (χ1v) is 8.01. The lowest BCUT2D eigenvalue weighted by Crippen LogP contribution is -2.41. The summed E-state index contributed by atoms with van der Waals surface area (Å²) in [4.78, 5) is 0. The third-order valence-electron chi connectivity index (χ3n) is 4.28. The zero-order valence-corrected chi connectivity index (χ0v) is 14.8. The third-order valence-corrected chi connectivity index (χ3v) is 4.28. The van der Waals surface area contributed by atoms with Crippen LogP contribution in [0.3, 0.4) is 0 Å². The van der Waals surface area contributed by atoms with Crippen LogP contribution < -0.4 is 0 Å². The van der Waals surface area contributed by atoms with E-state index in [1.165, 1.54) is 0 Å². The van der Waals surface area contributed by atoms with Crippen LogP contribution in [0, 0.1) is 24.7 Å². The second kappa shape index (κ2) is 7.27. The Bertz CT molecular complexity index is 775. The molecule has 0 saturated carbocycles. The summed E-state index contributed by atoms with van der Waals surface area (Å²) >= 11 is 0. The average molecular weight is 326 g/mol. The quantitative estimate of drug-likeness (QED) is 0.523. The molecule has 2 unspecified atom stereocenters. The fourth-order valence-corrected chi connectivity index (χ4v) is 2.83. The van der Waals surface area contributed by atoms with Crippen molar-refractivity contribution >= 4 is 0 Å². The van der Waals surface area contributed by atoms with Crippen molar-refractivity contribution in [1.29, 1.82) is 0 Å². The molecule has 0 amide bonds. The maximum Gasteiger partial charge on any atom is 0.177 e. The minimum absolute atomic E-state index is 0.679. The van der Waals surface area contributed by atoms with E-state index in [1.54, 1.807) is 0 Å². The monoisotopic (exact) mass is 326 g/mol. The number of rotatable bonds is 6. The largest absolute Gasteiger partial charge is 0.327 e. The predicted octanol–water partition coefficient (Wildman–Crippen LogP) is 5.21. The van der Waals surface area contributed by atoms with Gasteiger partial charge in [0.25, 0.3) is 0 Å². The molecule has 2 aromatic carbocycles. The van der Waals surface area contributed by atoms with Gasteiger partial charge in [0.1, 0.15) is 0 Å². The minimum atomic E-state index is -1.16. The van der Waals surface area contributed by atoms with Crippen LogP contribution in [0.1, 0.15) is 25.0 Å². The molecule has 1 nitrogen and oxygen atoms in total. The van der Waals surface area contributed by atoms with E-state index < -0.39 is 11.2 Å². The molecule has 2 atom stereocenters. The van der Waals surface area contributed by atoms with Gasteiger partial charge in [-0.05, 0) is 25.0 Å². The molecule has 0 aliphatic carbocycles. The first kappa shape index (κ1) is 18.3. The Morgan fingerprint density at radius 2 is 1.08 bits per heavy atom. The second-order valence-electron chi connectivity index (χ2n) is 6.05. The molecule has 0 saturated heterocycles. The molecule has 0 fully saturated rings. The number of hydrogen-bond acceptors (Lipinski definition) is 1. The van der Waals surface area contributed by atoms with Crippen molar-refractivity contribution in [2.45, 2.75) is 25.0 Å². The van der Waals surface area contributed by atoms with Crippen molar-refractivity contribution in [2.75, 3.05) is 0 Å². The maximum absolute atomic E-state index is 6.55. The van der Waals surface area contributed by atoms with Crippen LogP contribution in [0.4, 0.5) is 0 Å². The van der Waals surface area contributed by atoms with Crippen molar-refractivity contribution in [1.82, 2.24) is 0 Å². The van der Waals surface area contributed by atoms with Gasteiger partial charge in [-0.25, -0.2) is 0 Å². The molecule has 2 aromatic rings. The van der Waals surface area contributed by atoms with E-state index in [2.05, 4.69) is 25.0 Å². The molecule has 2 rings (SSSR count). The van der Waals surface area contributed by atoms with E-state index in [1.807, 2.05) is 74.5 Å². The Morgan fingerprint density at radius 3 is 1.32 bits per heavy atom. The first-order valence-electron chi connectivity index (χ1n) is 8.01. The molecule has 0 heterocycles. The molecule has 0 bridgehead atoms. The van der Waals surface area contributed by atoms with Crippen LogP contribution in [-0.2, 0) is 15.9 Å². The van der Waals surface area contributed by atoms with Gasteiger partial charge in [0.15, 0.2) is 11.2 Å². The Kier molecular flexibility index (Phi) is 5.33. The van der Waals surface area contributed by atoms with Crippen LogP contribution in [0.25, 0.3) is 0 Å². The Labute approximate surface area is 151 Å². The minimum Gasteiger partial charge on any atom is -0.327 e. The lowest BCUT2D eigenvalue weighted by atomic mass is 9.83. The molecule has 1 heteroatoms. The molecular weight excluding hydrogens is 304 g/mol. The Morgan fingerprint density at radius 1 is 0.760 bits per heavy atom. The van der Waals surface area contributed by atoms with Crippen molar-refractivity contribution in [3.63, 3.8) is 0 Å².